The zero-order valence-electron chi connectivity index (χ0n) is 13.7. The molecule has 0 heterocycles. The quantitative estimate of drug-likeness (QED) is 0.445. The molecule has 1 heteroatoms. The van der Waals surface area contributed by atoms with Crippen LogP contribution in [0.25, 0.3) is 0 Å². The first-order valence-corrected chi connectivity index (χ1v) is 8.25. The minimum Gasteiger partial charge on any atom is -0.309 e. The summed E-state index contributed by atoms with van der Waals surface area (Å²) >= 11 is 0. The molecular weight excluding hydrogens is 218 g/mol. The molecule has 0 aliphatic heterocycles. The molecule has 0 atom stereocenters. The topological polar surface area (TPSA) is 3.24 Å². The Morgan fingerprint density at radius 3 is 1.33 bits per heavy atom. The fourth-order valence-electron chi connectivity index (χ4n) is 2.87. The molecule has 0 saturated carbocycles. The summed E-state index contributed by atoms with van der Waals surface area (Å²) in [5.41, 5.74) is 0.645. The monoisotopic (exact) mass is 255 g/mol. The van der Waals surface area contributed by atoms with Gasteiger partial charge in [-0.2, -0.15) is 0 Å². The second kappa shape index (κ2) is 10.8. The van der Waals surface area contributed by atoms with Crippen LogP contribution in [0.1, 0.15) is 85.0 Å². The summed E-state index contributed by atoms with van der Waals surface area (Å²) in [5, 5.41) is 0. The zero-order valence-corrected chi connectivity index (χ0v) is 13.7. The van der Waals surface area contributed by atoms with E-state index in [0.29, 0.717) is 5.41 Å². The van der Waals surface area contributed by atoms with Gasteiger partial charge in [-0.15, -0.1) is 0 Å². The summed E-state index contributed by atoms with van der Waals surface area (Å²) in [6.45, 7) is 8.25. The van der Waals surface area contributed by atoms with Crippen LogP contribution in [0, 0.1) is 5.41 Å². The highest BCUT2D eigenvalue weighted by Crippen LogP contribution is 2.39. The molecule has 0 N–H and O–H groups in total. The Labute approximate surface area is 116 Å². The average Bonchev–Trinajstić information content (AvgIpc) is 2.37. The van der Waals surface area contributed by atoms with Crippen molar-refractivity contribution >= 4 is 0 Å². The van der Waals surface area contributed by atoms with Crippen LogP contribution in [0.15, 0.2) is 0 Å². The van der Waals surface area contributed by atoms with Crippen molar-refractivity contribution < 1.29 is 0 Å². The number of hydrogen-bond donors (Lipinski definition) is 0. The van der Waals surface area contributed by atoms with Crippen molar-refractivity contribution in [3.63, 3.8) is 0 Å². The predicted molar refractivity (Wildman–Crippen MR) is 84.2 cm³/mol. The molecule has 110 valence electrons. The van der Waals surface area contributed by atoms with Gasteiger partial charge in [0.2, 0.25) is 0 Å². The van der Waals surface area contributed by atoms with Crippen LogP contribution in [0.4, 0.5) is 0 Å². The molecule has 0 radical (unpaired) electrons. The minimum absolute atomic E-state index is 0.645. The SMILES string of the molecule is CCCCC(CCCC)(CCCC)CCN(C)C. The van der Waals surface area contributed by atoms with Crippen molar-refractivity contribution in [2.24, 2.45) is 5.41 Å². The van der Waals surface area contributed by atoms with E-state index in [-0.39, 0.29) is 0 Å². The molecule has 0 saturated heterocycles. The first-order valence-electron chi connectivity index (χ1n) is 8.25. The Kier molecular flexibility index (Phi) is 10.8. The summed E-state index contributed by atoms with van der Waals surface area (Å²) < 4.78 is 0. The summed E-state index contributed by atoms with van der Waals surface area (Å²) in [7, 11) is 4.43. The van der Waals surface area contributed by atoms with Crippen LogP contribution in [-0.4, -0.2) is 25.5 Å². The van der Waals surface area contributed by atoms with Crippen LogP contribution < -0.4 is 0 Å². The first-order chi connectivity index (χ1) is 8.60. The Morgan fingerprint density at radius 2 is 1.06 bits per heavy atom. The zero-order chi connectivity index (χ0) is 13.9. The number of unbranched alkanes of at least 4 members (excludes halogenated alkanes) is 3. The van der Waals surface area contributed by atoms with Gasteiger partial charge in [0, 0.05) is 0 Å². The van der Waals surface area contributed by atoms with Gasteiger partial charge >= 0.3 is 0 Å². The average molecular weight is 255 g/mol. The van der Waals surface area contributed by atoms with Gasteiger partial charge in [-0.05, 0) is 51.7 Å². The highest BCUT2D eigenvalue weighted by Gasteiger charge is 2.27. The van der Waals surface area contributed by atoms with Crippen molar-refractivity contribution in [1.29, 1.82) is 0 Å². The fraction of sp³-hybridized carbons (Fsp3) is 1.00. The van der Waals surface area contributed by atoms with E-state index in [1.165, 1.54) is 70.8 Å². The molecule has 0 aromatic rings. The van der Waals surface area contributed by atoms with Crippen molar-refractivity contribution in [3.8, 4) is 0 Å². The minimum atomic E-state index is 0.645. The smallest absolute Gasteiger partial charge is 0.00195 e. The van der Waals surface area contributed by atoms with Crippen LogP contribution in [0.5, 0.6) is 0 Å². The molecule has 0 aromatic carbocycles. The van der Waals surface area contributed by atoms with Gasteiger partial charge in [-0.25, -0.2) is 0 Å². The third kappa shape index (κ3) is 8.13. The Hall–Kier alpha value is -0.0400. The van der Waals surface area contributed by atoms with Crippen molar-refractivity contribution in [2.75, 3.05) is 20.6 Å². The van der Waals surface area contributed by atoms with E-state index in [0.717, 1.165) is 0 Å². The van der Waals surface area contributed by atoms with Crippen LogP contribution in [-0.2, 0) is 0 Å². The summed E-state index contributed by atoms with van der Waals surface area (Å²) in [5.74, 6) is 0. The lowest BCUT2D eigenvalue weighted by Gasteiger charge is -2.35. The second-order valence-corrected chi connectivity index (χ2v) is 6.36. The molecule has 0 bridgehead atoms. The highest BCUT2D eigenvalue weighted by atomic mass is 15.0. The predicted octanol–water partition coefficient (Wildman–Crippen LogP) is 5.50. The van der Waals surface area contributed by atoms with Gasteiger partial charge in [-0.3, -0.25) is 0 Å². The van der Waals surface area contributed by atoms with Crippen LogP contribution in [0.3, 0.4) is 0 Å². The van der Waals surface area contributed by atoms with E-state index in [1.807, 2.05) is 0 Å². The van der Waals surface area contributed by atoms with E-state index in [2.05, 4.69) is 39.8 Å². The largest absolute Gasteiger partial charge is 0.309 e. The maximum absolute atomic E-state index is 2.36. The molecule has 0 aliphatic rings. The molecule has 1 nitrogen and oxygen atoms in total. The Morgan fingerprint density at radius 1 is 0.667 bits per heavy atom. The molecule has 0 rings (SSSR count). The van der Waals surface area contributed by atoms with Gasteiger partial charge in [0.25, 0.3) is 0 Å². The lowest BCUT2D eigenvalue weighted by atomic mass is 9.72. The molecule has 0 fully saturated rings. The van der Waals surface area contributed by atoms with E-state index < -0.39 is 0 Å². The van der Waals surface area contributed by atoms with Crippen LogP contribution in [0.2, 0.25) is 0 Å². The van der Waals surface area contributed by atoms with Crippen molar-refractivity contribution in [1.82, 2.24) is 4.90 Å². The Bertz CT molecular complexity index is 153. The molecule has 0 amide bonds. The van der Waals surface area contributed by atoms with E-state index in [9.17, 15) is 0 Å². The molecule has 0 aromatic heterocycles. The molecule has 0 aliphatic carbocycles. The molecule has 0 spiro atoms. The number of rotatable bonds is 12. The van der Waals surface area contributed by atoms with Gasteiger partial charge < -0.3 is 4.90 Å². The van der Waals surface area contributed by atoms with Gasteiger partial charge in [0.1, 0.15) is 0 Å². The maximum atomic E-state index is 2.36. The fourth-order valence-corrected chi connectivity index (χ4v) is 2.87. The van der Waals surface area contributed by atoms with Gasteiger partial charge in [0.05, 0.1) is 0 Å². The van der Waals surface area contributed by atoms with E-state index >= 15 is 0 Å². The maximum Gasteiger partial charge on any atom is -0.00195 e. The first kappa shape index (κ1) is 18.0. The number of hydrogen-bond acceptors (Lipinski definition) is 1. The normalized spacial score (nSPS) is 12.3. The molecule has 18 heavy (non-hydrogen) atoms. The van der Waals surface area contributed by atoms with Crippen molar-refractivity contribution in [3.05, 3.63) is 0 Å². The lowest BCUT2D eigenvalue weighted by Crippen LogP contribution is -2.27. The van der Waals surface area contributed by atoms with Gasteiger partial charge in [-0.1, -0.05) is 59.3 Å². The summed E-state index contributed by atoms with van der Waals surface area (Å²) in [6.07, 6.45) is 14.1. The highest BCUT2D eigenvalue weighted by molar-refractivity contribution is 4.80. The summed E-state index contributed by atoms with van der Waals surface area (Å²) in [6, 6.07) is 0. The van der Waals surface area contributed by atoms with E-state index in [4.69, 9.17) is 0 Å². The number of nitrogens with zero attached hydrogens (tertiary/aromatic N) is 1. The lowest BCUT2D eigenvalue weighted by molar-refractivity contribution is 0.162. The molecular formula is C17H37N. The van der Waals surface area contributed by atoms with Crippen molar-refractivity contribution in [2.45, 2.75) is 85.0 Å². The second-order valence-electron chi connectivity index (χ2n) is 6.36. The summed E-state index contributed by atoms with van der Waals surface area (Å²) in [4.78, 5) is 2.36. The molecule has 0 unspecified atom stereocenters. The van der Waals surface area contributed by atoms with Gasteiger partial charge in [0.15, 0.2) is 0 Å². The van der Waals surface area contributed by atoms with Crippen LogP contribution >= 0.6 is 0 Å². The standard InChI is InChI=1S/C17H37N/c1-6-9-12-17(13-10-7-2,14-11-8-3)15-16-18(4)5/h6-16H2,1-5H3. The van der Waals surface area contributed by atoms with E-state index in [1.54, 1.807) is 0 Å². The third-order valence-corrected chi connectivity index (χ3v) is 4.27. The Balaban J connectivity index is 4.51. The third-order valence-electron chi connectivity index (χ3n) is 4.27.